The van der Waals surface area contributed by atoms with Crippen molar-refractivity contribution in [3.05, 3.63) is 59.4 Å². The number of halogens is 2. The lowest BCUT2D eigenvalue weighted by Gasteiger charge is -2.33. The van der Waals surface area contributed by atoms with Crippen molar-refractivity contribution in [2.45, 2.75) is 26.3 Å². The number of fused-ring (bicyclic) bond motifs is 1. The third-order valence-corrected chi connectivity index (χ3v) is 4.71. The van der Waals surface area contributed by atoms with Crippen molar-refractivity contribution in [1.82, 2.24) is 4.90 Å². The van der Waals surface area contributed by atoms with Crippen LogP contribution < -0.4 is 10.6 Å². The maximum Gasteiger partial charge on any atom is 0.242 e. The minimum Gasteiger partial charge on any atom is -0.398 e. The van der Waals surface area contributed by atoms with Gasteiger partial charge < -0.3 is 15.5 Å². The zero-order chi connectivity index (χ0) is 17.8. The van der Waals surface area contributed by atoms with Crippen LogP contribution in [0.15, 0.2) is 42.5 Å². The van der Waals surface area contributed by atoms with Crippen molar-refractivity contribution in [1.29, 1.82) is 0 Å². The van der Waals surface area contributed by atoms with E-state index < -0.39 is 0 Å². The highest BCUT2D eigenvalue weighted by Crippen LogP contribution is 2.31. The molecule has 0 radical (unpaired) electrons. The van der Waals surface area contributed by atoms with E-state index >= 15 is 0 Å². The van der Waals surface area contributed by atoms with Crippen molar-refractivity contribution in [2.24, 2.45) is 0 Å². The van der Waals surface area contributed by atoms with Crippen LogP contribution in [-0.4, -0.2) is 30.4 Å². The molecule has 0 atom stereocenters. The van der Waals surface area contributed by atoms with E-state index in [0.29, 0.717) is 19.6 Å². The number of hydrogen-bond acceptors (Lipinski definition) is 3. The summed E-state index contributed by atoms with van der Waals surface area (Å²) in [4.78, 5) is 16.6. The Morgan fingerprint density at radius 1 is 1.27 bits per heavy atom. The van der Waals surface area contributed by atoms with E-state index in [4.69, 9.17) is 5.73 Å². The lowest BCUT2D eigenvalue weighted by Crippen LogP contribution is -2.42. The molecule has 3 rings (SSSR count). The van der Waals surface area contributed by atoms with E-state index in [1.807, 2.05) is 31.2 Å². The molecule has 0 aliphatic carbocycles. The number of nitrogens with two attached hydrogens (primary N) is 1. The van der Waals surface area contributed by atoms with Gasteiger partial charge in [-0.2, -0.15) is 0 Å². The summed E-state index contributed by atoms with van der Waals surface area (Å²) < 4.78 is 13.4. The van der Waals surface area contributed by atoms with Gasteiger partial charge in [-0.05, 0) is 55.2 Å². The largest absolute Gasteiger partial charge is 0.398 e. The van der Waals surface area contributed by atoms with Crippen LogP contribution in [-0.2, 0) is 17.8 Å². The number of anilines is 2. The van der Waals surface area contributed by atoms with E-state index in [9.17, 15) is 9.18 Å². The first-order chi connectivity index (χ1) is 12.1. The number of hydrogen-bond donors (Lipinski definition) is 1. The number of carbonyl (C=O) groups is 1. The second kappa shape index (κ2) is 8.90. The summed E-state index contributed by atoms with van der Waals surface area (Å²) in [6, 6.07) is 12.3. The van der Waals surface area contributed by atoms with E-state index in [0.717, 1.165) is 41.9 Å². The Bertz CT molecular complexity index is 768. The molecule has 26 heavy (non-hydrogen) atoms. The number of nitrogens with zero attached hydrogens (tertiary/aromatic N) is 2. The Hall–Kier alpha value is -2.27. The number of nitrogen functional groups attached to an aromatic ring is 1. The van der Waals surface area contributed by atoms with E-state index in [1.54, 1.807) is 11.0 Å². The summed E-state index contributed by atoms with van der Waals surface area (Å²) in [5, 5.41) is 0. The molecule has 1 aliphatic heterocycles. The van der Waals surface area contributed by atoms with Crippen LogP contribution in [0.5, 0.6) is 0 Å². The molecule has 0 fully saturated rings. The highest BCUT2D eigenvalue weighted by atomic mass is 35.5. The minimum absolute atomic E-state index is 0. The van der Waals surface area contributed by atoms with E-state index in [2.05, 4.69) is 4.90 Å². The topological polar surface area (TPSA) is 49.6 Å². The predicted molar refractivity (Wildman–Crippen MR) is 106 cm³/mol. The van der Waals surface area contributed by atoms with Crippen LogP contribution >= 0.6 is 12.4 Å². The molecule has 1 amide bonds. The molecule has 0 bridgehead atoms. The molecular formula is C20H25ClFN3O. The fraction of sp³-hybridized carbons (Fsp3) is 0.350. The van der Waals surface area contributed by atoms with Gasteiger partial charge in [-0.15, -0.1) is 12.4 Å². The van der Waals surface area contributed by atoms with Crippen LogP contribution in [0.25, 0.3) is 0 Å². The summed E-state index contributed by atoms with van der Waals surface area (Å²) in [6.45, 7) is 4.12. The fourth-order valence-corrected chi connectivity index (χ4v) is 3.39. The van der Waals surface area contributed by atoms with Gasteiger partial charge in [0.05, 0.1) is 6.54 Å². The van der Waals surface area contributed by atoms with Crippen molar-refractivity contribution in [2.75, 3.05) is 30.3 Å². The third kappa shape index (κ3) is 4.47. The molecule has 1 heterocycles. The molecule has 6 heteroatoms. The molecule has 0 saturated carbocycles. The molecule has 0 unspecified atom stereocenters. The summed E-state index contributed by atoms with van der Waals surface area (Å²) in [7, 11) is 0. The highest BCUT2D eigenvalue weighted by Gasteiger charge is 2.22. The molecule has 4 nitrogen and oxygen atoms in total. The molecule has 1 aliphatic rings. The van der Waals surface area contributed by atoms with Crippen LogP contribution in [0, 0.1) is 5.82 Å². The second-order valence-electron chi connectivity index (χ2n) is 6.41. The molecule has 0 aromatic heterocycles. The quantitative estimate of drug-likeness (QED) is 0.809. The first-order valence-electron chi connectivity index (χ1n) is 8.73. The van der Waals surface area contributed by atoms with Gasteiger partial charge in [-0.25, -0.2) is 4.39 Å². The predicted octanol–water partition coefficient (Wildman–Crippen LogP) is 3.63. The standard InChI is InChI=1S/C20H24FN3O.ClH/c1-2-23(13-15-6-3-7-16(21)12-15)20(25)14-24-11-5-8-17-18(22)9-4-10-19(17)24;/h3-4,6-7,9-10,12H,2,5,8,11,13-14,22H2,1H3;1H. The Morgan fingerprint density at radius 2 is 2.04 bits per heavy atom. The summed E-state index contributed by atoms with van der Waals surface area (Å²) >= 11 is 0. The summed E-state index contributed by atoms with van der Waals surface area (Å²) in [6.07, 6.45) is 1.94. The van der Waals surface area contributed by atoms with Gasteiger partial charge in [-0.1, -0.05) is 18.2 Å². The maximum absolute atomic E-state index is 13.4. The molecule has 2 aromatic rings. The second-order valence-corrected chi connectivity index (χ2v) is 6.41. The van der Waals surface area contributed by atoms with E-state index in [1.165, 1.54) is 12.1 Å². The van der Waals surface area contributed by atoms with Gasteiger partial charge >= 0.3 is 0 Å². The summed E-state index contributed by atoms with van der Waals surface area (Å²) in [5.41, 5.74) is 9.87. The van der Waals surface area contributed by atoms with Gasteiger partial charge in [0.15, 0.2) is 0 Å². The van der Waals surface area contributed by atoms with Crippen LogP contribution in [0.1, 0.15) is 24.5 Å². The van der Waals surface area contributed by atoms with Crippen molar-refractivity contribution < 1.29 is 9.18 Å². The Morgan fingerprint density at radius 3 is 2.77 bits per heavy atom. The molecule has 0 saturated heterocycles. The van der Waals surface area contributed by atoms with Crippen molar-refractivity contribution >= 4 is 29.7 Å². The van der Waals surface area contributed by atoms with E-state index in [-0.39, 0.29) is 24.1 Å². The Labute approximate surface area is 160 Å². The zero-order valence-electron chi connectivity index (χ0n) is 15.0. The normalized spacial score (nSPS) is 12.9. The molecular weight excluding hydrogens is 353 g/mol. The SMILES string of the molecule is CCN(Cc1cccc(F)c1)C(=O)CN1CCCc2c(N)cccc21.Cl. The van der Waals surface area contributed by atoms with Gasteiger partial charge in [0.25, 0.3) is 0 Å². The first kappa shape index (κ1) is 20.0. The highest BCUT2D eigenvalue weighted by molar-refractivity contribution is 5.85. The van der Waals surface area contributed by atoms with Gasteiger partial charge in [0.2, 0.25) is 5.91 Å². The van der Waals surface area contributed by atoms with Crippen molar-refractivity contribution in [3.8, 4) is 0 Å². The van der Waals surface area contributed by atoms with Crippen molar-refractivity contribution in [3.63, 3.8) is 0 Å². The first-order valence-corrected chi connectivity index (χ1v) is 8.73. The molecule has 2 N–H and O–H groups in total. The van der Waals surface area contributed by atoms with Gasteiger partial charge in [0.1, 0.15) is 5.82 Å². The average Bonchev–Trinajstić information content (AvgIpc) is 2.60. The zero-order valence-corrected chi connectivity index (χ0v) is 15.8. The molecule has 2 aromatic carbocycles. The van der Waals surface area contributed by atoms with Crippen LogP contribution in [0.2, 0.25) is 0 Å². The number of carbonyl (C=O) groups excluding carboxylic acids is 1. The third-order valence-electron chi connectivity index (χ3n) is 4.71. The average molecular weight is 378 g/mol. The summed E-state index contributed by atoms with van der Waals surface area (Å²) in [5.74, 6) is -0.233. The van der Waals surface area contributed by atoms with Gasteiger partial charge in [0, 0.05) is 31.0 Å². The molecule has 140 valence electrons. The lowest BCUT2D eigenvalue weighted by molar-refractivity contribution is -0.130. The van der Waals surface area contributed by atoms with Gasteiger partial charge in [-0.3, -0.25) is 4.79 Å². The number of benzene rings is 2. The Balaban J connectivity index is 0.00000243. The van der Waals surface area contributed by atoms with Crippen LogP contribution in [0.4, 0.5) is 15.8 Å². The molecule has 0 spiro atoms. The number of amides is 1. The number of rotatable bonds is 5. The minimum atomic E-state index is -0.276. The van der Waals surface area contributed by atoms with Crippen LogP contribution in [0.3, 0.4) is 0 Å². The fourth-order valence-electron chi connectivity index (χ4n) is 3.39. The number of likely N-dealkylation sites (N-methyl/N-ethyl adjacent to an activating group) is 1. The Kier molecular flexibility index (Phi) is 6.86. The maximum atomic E-state index is 13.4. The monoisotopic (exact) mass is 377 g/mol. The lowest BCUT2D eigenvalue weighted by atomic mass is 10.00. The smallest absolute Gasteiger partial charge is 0.242 e.